The van der Waals surface area contributed by atoms with Crippen LogP contribution < -0.4 is 5.48 Å². The first kappa shape index (κ1) is 29.7. The molecule has 0 saturated carbocycles. The van der Waals surface area contributed by atoms with Crippen LogP contribution in [0.1, 0.15) is 89.0 Å². The average molecular weight is 494 g/mol. The van der Waals surface area contributed by atoms with Gasteiger partial charge in [0.1, 0.15) is 12.2 Å². The highest BCUT2D eigenvalue weighted by Gasteiger charge is 2.46. The van der Waals surface area contributed by atoms with E-state index in [0.717, 1.165) is 32.1 Å². The summed E-state index contributed by atoms with van der Waals surface area (Å²) in [5, 5.41) is 0. The molecule has 1 saturated heterocycles. The van der Waals surface area contributed by atoms with Gasteiger partial charge in [0.2, 0.25) is 0 Å². The van der Waals surface area contributed by atoms with Crippen molar-refractivity contribution in [2.75, 3.05) is 21.3 Å². The Morgan fingerprint density at radius 1 is 1.23 bits per heavy atom. The molecule has 7 heteroatoms. The molecule has 2 rings (SSSR count). The van der Waals surface area contributed by atoms with E-state index in [1.54, 1.807) is 14.2 Å². The Hall–Kier alpha value is -1.51. The molecular formula is C28H47NO6. The quantitative estimate of drug-likeness (QED) is 0.273. The summed E-state index contributed by atoms with van der Waals surface area (Å²) in [6.07, 6.45) is 4.82. The van der Waals surface area contributed by atoms with Crippen LogP contribution >= 0.6 is 0 Å². The number of hydrogen-bond donors (Lipinski definition) is 1. The van der Waals surface area contributed by atoms with Gasteiger partial charge in [-0.2, -0.15) is 5.48 Å². The summed E-state index contributed by atoms with van der Waals surface area (Å²) >= 11 is 0. The second kappa shape index (κ2) is 14.3. The van der Waals surface area contributed by atoms with Crippen molar-refractivity contribution in [1.82, 2.24) is 5.48 Å². The smallest absolute Gasteiger partial charge is 0.305 e. The fourth-order valence-electron chi connectivity index (χ4n) is 4.92. The maximum absolute atomic E-state index is 11.6. The van der Waals surface area contributed by atoms with Gasteiger partial charge in [-0.05, 0) is 63.5 Å². The Balaban J connectivity index is 2.28. The van der Waals surface area contributed by atoms with Crippen LogP contribution in [0.5, 0.6) is 0 Å². The number of esters is 1. The average Bonchev–Trinajstić information content (AvgIpc) is 2.84. The minimum Gasteiger partial charge on any atom is -0.469 e. The Morgan fingerprint density at radius 2 is 1.97 bits per heavy atom. The zero-order valence-electron chi connectivity index (χ0n) is 23.0. The molecule has 6 atom stereocenters. The molecule has 1 aliphatic rings. The monoisotopic (exact) mass is 493 g/mol. The normalized spacial score (nSPS) is 26.3. The number of hydrogen-bond acceptors (Lipinski definition) is 7. The third kappa shape index (κ3) is 8.53. The van der Waals surface area contributed by atoms with E-state index in [-0.39, 0.29) is 30.6 Å². The molecule has 1 N–H and O–H groups in total. The van der Waals surface area contributed by atoms with E-state index >= 15 is 0 Å². The summed E-state index contributed by atoms with van der Waals surface area (Å²) in [5.41, 5.74) is 6.48. The minimum atomic E-state index is -0.489. The number of methoxy groups -OCH3 is 3. The number of aryl methyl sites for hydroxylation is 2. The molecule has 0 aromatic heterocycles. The van der Waals surface area contributed by atoms with Crippen molar-refractivity contribution in [2.24, 2.45) is 5.92 Å². The predicted octanol–water partition coefficient (Wildman–Crippen LogP) is 5.43. The molecule has 1 heterocycles. The van der Waals surface area contributed by atoms with E-state index in [2.05, 4.69) is 51.4 Å². The lowest BCUT2D eigenvalue weighted by atomic mass is 9.85. The Labute approximate surface area is 212 Å². The molecule has 1 aromatic rings. The Kier molecular flexibility index (Phi) is 12.1. The topological polar surface area (TPSA) is 75.3 Å². The van der Waals surface area contributed by atoms with Gasteiger partial charge in [-0.15, -0.1) is 0 Å². The van der Waals surface area contributed by atoms with Gasteiger partial charge in [-0.1, -0.05) is 44.0 Å². The third-order valence-corrected chi connectivity index (χ3v) is 7.28. The number of hydroxylamine groups is 1. The summed E-state index contributed by atoms with van der Waals surface area (Å²) in [5.74, 6) is 0.432. The molecular weight excluding hydrogens is 446 g/mol. The Bertz CT molecular complexity index is 787. The van der Waals surface area contributed by atoms with E-state index in [0.29, 0.717) is 18.8 Å². The molecule has 0 aliphatic carbocycles. The fourth-order valence-corrected chi connectivity index (χ4v) is 4.92. The van der Waals surface area contributed by atoms with Crippen molar-refractivity contribution in [3.63, 3.8) is 0 Å². The molecule has 200 valence electrons. The number of rotatable bonds is 14. The predicted molar refractivity (Wildman–Crippen MR) is 137 cm³/mol. The van der Waals surface area contributed by atoms with Gasteiger partial charge in [0.25, 0.3) is 0 Å². The first-order chi connectivity index (χ1) is 16.7. The highest BCUT2D eigenvalue weighted by atomic mass is 16.7. The van der Waals surface area contributed by atoms with Gasteiger partial charge in [-0.25, -0.2) is 0 Å². The second-order valence-electron chi connectivity index (χ2n) is 10.2. The minimum absolute atomic E-state index is 0.134. The van der Waals surface area contributed by atoms with Gasteiger partial charge < -0.3 is 18.9 Å². The van der Waals surface area contributed by atoms with Crippen LogP contribution in [0, 0.1) is 12.8 Å². The van der Waals surface area contributed by atoms with E-state index < -0.39 is 5.54 Å². The zero-order chi connectivity index (χ0) is 26.0. The fraction of sp³-hybridized carbons (Fsp3) is 0.750. The van der Waals surface area contributed by atoms with Crippen molar-refractivity contribution < 1.29 is 28.6 Å². The highest BCUT2D eigenvalue weighted by Crippen LogP contribution is 2.34. The van der Waals surface area contributed by atoms with Crippen molar-refractivity contribution in [2.45, 2.75) is 110 Å². The van der Waals surface area contributed by atoms with Crippen molar-refractivity contribution in [3.05, 3.63) is 34.9 Å². The summed E-state index contributed by atoms with van der Waals surface area (Å²) in [4.78, 5) is 18.2. The van der Waals surface area contributed by atoms with Gasteiger partial charge in [0, 0.05) is 27.1 Å². The van der Waals surface area contributed by atoms with Crippen LogP contribution in [-0.4, -0.2) is 51.3 Å². The summed E-state index contributed by atoms with van der Waals surface area (Å²) in [7, 11) is 4.80. The van der Waals surface area contributed by atoms with Crippen LogP contribution in [0.2, 0.25) is 0 Å². The molecule has 0 amide bonds. The highest BCUT2D eigenvalue weighted by molar-refractivity contribution is 5.69. The number of carbonyl (C=O) groups excluding carboxylic acids is 1. The molecule has 0 bridgehead atoms. The molecule has 1 aromatic carbocycles. The number of nitrogens with one attached hydrogen (secondary N) is 1. The van der Waals surface area contributed by atoms with Gasteiger partial charge in [0.15, 0.2) is 6.29 Å². The van der Waals surface area contributed by atoms with Crippen LogP contribution in [0.15, 0.2) is 18.2 Å². The van der Waals surface area contributed by atoms with Crippen LogP contribution in [0.4, 0.5) is 0 Å². The lowest BCUT2D eigenvalue weighted by molar-refractivity contribution is -0.257. The maximum atomic E-state index is 11.6. The van der Waals surface area contributed by atoms with E-state index in [1.165, 1.54) is 23.8 Å². The van der Waals surface area contributed by atoms with Gasteiger partial charge in [0.05, 0.1) is 18.8 Å². The molecule has 35 heavy (non-hydrogen) atoms. The largest absolute Gasteiger partial charge is 0.469 e. The summed E-state index contributed by atoms with van der Waals surface area (Å²) < 4.78 is 22.1. The van der Waals surface area contributed by atoms with Gasteiger partial charge in [-0.3, -0.25) is 9.63 Å². The lowest BCUT2D eigenvalue weighted by Crippen LogP contribution is -2.63. The lowest BCUT2D eigenvalue weighted by Gasteiger charge is -2.47. The maximum Gasteiger partial charge on any atom is 0.305 e. The van der Waals surface area contributed by atoms with Crippen molar-refractivity contribution in [3.8, 4) is 0 Å². The summed E-state index contributed by atoms with van der Waals surface area (Å²) in [6.45, 7) is 10.7. The number of ether oxygens (including phenoxy) is 4. The molecule has 1 aliphatic heterocycles. The molecule has 0 spiro atoms. The summed E-state index contributed by atoms with van der Waals surface area (Å²) in [6, 6.07) is 6.51. The van der Waals surface area contributed by atoms with Crippen LogP contribution in [0.25, 0.3) is 0 Å². The second-order valence-corrected chi connectivity index (χ2v) is 10.2. The first-order valence-corrected chi connectivity index (χ1v) is 13.0. The molecule has 0 radical (unpaired) electrons. The third-order valence-electron chi connectivity index (χ3n) is 7.28. The Morgan fingerprint density at radius 3 is 2.60 bits per heavy atom. The molecule has 7 nitrogen and oxygen atoms in total. The molecule has 1 fully saturated rings. The molecule has 2 unspecified atom stereocenters. The van der Waals surface area contributed by atoms with E-state index in [9.17, 15) is 4.79 Å². The van der Waals surface area contributed by atoms with E-state index in [1.807, 2.05) is 6.92 Å². The SMILES string of the molecule is CCC(C)CCC(ON[C@]1(C)C[C@H](OC)O[C@@H](C)[C@@H]1OC)c1cc(C)ccc1CCCC(=O)OC. The zero-order valence-corrected chi connectivity index (χ0v) is 23.0. The van der Waals surface area contributed by atoms with Gasteiger partial charge >= 0.3 is 5.97 Å². The van der Waals surface area contributed by atoms with Crippen molar-refractivity contribution >= 4 is 5.97 Å². The standard InChI is InChI=1S/C28H47NO6/c1-9-19(2)14-16-24(23-17-20(3)13-15-22(23)11-10-12-25(30)31-6)35-29-28(5)18-26(32-7)34-21(4)27(28)33-8/h13,15,17,19,21,24,26-27,29H,9-12,14,16,18H2,1-8H3/t19?,21-,24?,26+,27-,28+/m0/s1. The first-order valence-electron chi connectivity index (χ1n) is 13.0. The van der Waals surface area contributed by atoms with Crippen LogP contribution in [0.3, 0.4) is 0 Å². The van der Waals surface area contributed by atoms with E-state index in [4.69, 9.17) is 23.8 Å². The van der Waals surface area contributed by atoms with Crippen LogP contribution in [-0.2, 0) is 35.0 Å². The van der Waals surface area contributed by atoms with Crippen molar-refractivity contribution in [1.29, 1.82) is 0 Å². The number of carbonyl (C=O) groups is 1. The number of benzene rings is 1.